The van der Waals surface area contributed by atoms with Crippen LogP contribution in [-0.4, -0.2) is 31.5 Å². The van der Waals surface area contributed by atoms with Crippen LogP contribution in [0, 0.1) is 26.2 Å². The van der Waals surface area contributed by atoms with Crippen LogP contribution < -0.4 is 0 Å². The molecule has 0 spiro atoms. The Kier molecular flexibility index (Phi) is 10.7. The van der Waals surface area contributed by atoms with E-state index in [9.17, 15) is 44.3 Å². The first-order chi connectivity index (χ1) is 20.6. The molecule has 4 aromatic rings. The molecule has 0 N–H and O–H groups in total. The number of hydrogen-bond acceptors (Lipinski definition) is 5. The molecule has 0 aliphatic heterocycles. The van der Waals surface area contributed by atoms with Crippen molar-refractivity contribution in [2.75, 3.05) is 0 Å². The Bertz CT molecular complexity index is 1840. The van der Waals surface area contributed by atoms with E-state index in [0.717, 1.165) is 12.1 Å². The predicted octanol–water partition coefficient (Wildman–Crippen LogP) is 9.49. The summed E-state index contributed by atoms with van der Waals surface area (Å²) in [7, 11) is 0. The monoisotopic (exact) mass is 832 g/mol. The van der Waals surface area contributed by atoms with Gasteiger partial charge in [0.15, 0.2) is 11.4 Å². The van der Waals surface area contributed by atoms with Crippen molar-refractivity contribution >= 4 is 74.8 Å². The van der Waals surface area contributed by atoms with E-state index in [1.165, 1.54) is 16.9 Å². The summed E-state index contributed by atoms with van der Waals surface area (Å²) >= 11 is 25.0. The summed E-state index contributed by atoms with van der Waals surface area (Å²) in [6.45, 7) is 0. The van der Waals surface area contributed by atoms with Gasteiger partial charge in [-0.05, 0) is 46.9 Å². The molecule has 0 bridgehead atoms. The summed E-state index contributed by atoms with van der Waals surface area (Å²) in [6, 6.07) is 5.66. The van der Waals surface area contributed by atoms with E-state index in [4.69, 9.17) is 56.9 Å². The van der Waals surface area contributed by atoms with Gasteiger partial charge < -0.3 is 0 Å². The van der Waals surface area contributed by atoms with E-state index < -0.39 is 62.4 Å². The van der Waals surface area contributed by atoms with Crippen molar-refractivity contribution in [3.63, 3.8) is 0 Å². The fourth-order valence-corrected chi connectivity index (χ4v) is 5.14. The summed E-state index contributed by atoms with van der Waals surface area (Å²) < 4.78 is 116. The lowest BCUT2D eigenvalue weighted by Gasteiger charge is -2.12. The SMILES string of the molecule is N#Cc1nn(-c2c(Cl)cc(C(F)(F)F)cc2Cl)cc1C(=O)C(F)(F)F.N#Cc1nn(-c2c(Cl)cc(C(F)(F)F)cc2Cl)cc1I. The van der Waals surface area contributed by atoms with Crippen LogP contribution in [0.1, 0.15) is 32.9 Å². The van der Waals surface area contributed by atoms with Crippen molar-refractivity contribution in [2.24, 2.45) is 0 Å². The van der Waals surface area contributed by atoms with E-state index in [1.54, 1.807) is 0 Å². The van der Waals surface area contributed by atoms with Gasteiger partial charge >= 0.3 is 18.5 Å². The normalized spacial score (nSPS) is 11.8. The van der Waals surface area contributed by atoms with Crippen LogP contribution in [0.5, 0.6) is 0 Å². The van der Waals surface area contributed by atoms with Crippen LogP contribution in [0.2, 0.25) is 20.1 Å². The summed E-state index contributed by atoms with van der Waals surface area (Å²) in [4.78, 5) is 11.3. The number of ketones is 1. The summed E-state index contributed by atoms with van der Waals surface area (Å²) in [5.74, 6) is -2.34. The van der Waals surface area contributed by atoms with Crippen LogP contribution in [0.15, 0.2) is 36.7 Å². The molecule has 0 amide bonds. The molecule has 236 valence electrons. The van der Waals surface area contributed by atoms with Crippen molar-refractivity contribution in [3.8, 4) is 23.5 Å². The Hall–Kier alpha value is -3.23. The molecule has 0 atom stereocenters. The van der Waals surface area contributed by atoms with Crippen molar-refractivity contribution in [2.45, 2.75) is 18.5 Å². The fraction of sp³-hybridized carbons (Fsp3) is 0.125. The van der Waals surface area contributed by atoms with Gasteiger partial charge in [0, 0.05) is 12.4 Å². The van der Waals surface area contributed by atoms with E-state index >= 15 is 0 Å². The predicted molar refractivity (Wildman–Crippen MR) is 150 cm³/mol. The molecule has 45 heavy (non-hydrogen) atoms. The number of aromatic nitrogens is 4. The van der Waals surface area contributed by atoms with Gasteiger partial charge in [-0.2, -0.15) is 60.2 Å². The minimum absolute atomic E-state index is 0.0979. The maximum absolute atomic E-state index is 12.7. The van der Waals surface area contributed by atoms with Crippen LogP contribution in [0.4, 0.5) is 39.5 Å². The molecule has 0 saturated heterocycles. The average molecular weight is 834 g/mol. The number of carbonyl (C=O) groups is 1. The summed E-state index contributed by atoms with van der Waals surface area (Å²) in [6.07, 6.45) is -12.6. The molecule has 7 nitrogen and oxygen atoms in total. The Morgan fingerprint density at radius 3 is 1.36 bits per heavy atom. The molecule has 2 aromatic carbocycles. The van der Waals surface area contributed by atoms with Crippen molar-refractivity contribution in [3.05, 3.63) is 88.4 Å². The largest absolute Gasteiger partial charge is 0.455 e. The Morgan fingerprint density at radius 2 is 1.04 bits per heavy atom. The van der Waals surface area contributed by atoms with E-state index in [0.29, 0.717) is 26.6 Å². The number of benzene rings is 2. The minimum atomic E-state index is -5.27. The highest BCUT2D eigenvalue weighted by molar-refractivity contribution is 14.1. The molecule has 0 saturated carbocycles. The number of Topliss-reactive ketones (excluding diaryl/α,β-unsaturated/α-hetero) is 1. The minimum Gasteiger partial charge on any atom is -0.284 e. The number of rotatable bonds is 3. The molecule has 0 aliphatic rings. The Labute approximate surface area is 278 Å². The van der Waals surface area contributed by atoms with Crippen molar-refractivity contribution < 1.29 is 44.3 Å². The van der Waals surface area contributed by atoms with Gasteiger partial charge in [-0.25, -0.2) is 9.36 Å². The first kappa shape index (κ1) is 36.2. The fourth-order valence-electron chi connectivity index (χ4n) is 3.33. The third kappa shape index (κ3) is 8.14. The zero-order valence-corrected chi connectivity index (χ0v) is 26.0. The van der Waals surface area contributed by atoms with Crippen LogP contribution in [0.25, 0.3) is 11.4 Å². The average Bonchev–Trinajstić information content (AvgIpc) is 3.49. The quantitative estimate of drug-likeness (QED) is 0.116. The lowest BCUT2D eigenvalue weighted by molar-refractivity contribution is -0.138. The van der Waals surface area contributed by atoms with E-state index in [2.05, 4.69) is 10.2 Å². The second kappa shape index (κ2) is 13.2. The first-order valence-corrected chi connectivity index (χ1v) is 13.6. The number of alkyl halides is 9. The molecule has 0 fully saturated rings. The number of nitrogens with zero attached hydrogens (tertiary/aromatic N) is 6. The summed E-state index contributed by atoms with van der Waals surface area (Å²) in [5.41, 5.74) is -4.27. The van der Waals surface area contributed by atoms with Crippen LogP contribution >= 0.6 is 69.0 Å². The lowest BCUT2D eigenvalue weighted by Crippen LogP contribution is -2.23. The maximum atomic E-state index is 12.7. The van der Waals surface area contributed by atoms with Gasteiger partial charge in [0.25, 0.3) is 5.78 Å². The Morgan fingerprint density at radius 1 is 0.689 bits per heavy atom. The zero-order chi connectivity index (χ0) is 34.2. The van der Waals surface area contributed by atoms with E-state index in [-0.39, 0.29) is 21.4 Å². The highest BCUT2D eigenvalue weighted by Gasteiger charge is 2.42. The molecule has 2 heterocycles. The standard InChI is InChI=1S/C13H3Cl2F6N3O.C11H3Cl2F3IN3/c14-7-1-5(12(16,17)18)2-8(15)10(7)24-4-6(9(3-22)23-24)11(25)13(19,20)21;12-6-1-5(11(14,15)16)2-7(13)10(6)20-4-8(17)9(3-18)19-20/h1-2,4H;1-2,4H. The summed E-state index contributed by atoms with van der Waals surface area (Å²) in [5, 5.41) is 23.4. The highest BCUT2D eigenvalue weighted by atomic mass is 127. The number of carbonyl (C=O) groups excluding carboxylic acids is 1. The molecule has 21 heteroatoms. The number of hydrogen-bond donors (Lipinski definition) is 0. The van der Waals surface area contributed by atoms with Gasteiger partial charge in [-0.1, -0.05) is 46.4 Å². The highest BCUT2D eigenvalue weighted by Crippen LogP contribution is 2.39. The molecular weight excluding hydrogens is 828 g/mol. The van der Waals surface area contributed by atoms with E-state index in [1.807, 2.05) is 28.7 Å². The second-order valence-corrected chi connectivity index (χ2v) is 11.0. The molecule has 0 radical (unpaired) electrons. The Balaban J connectivity index is 0.000000251. The van der Waals surface area contributed by atoms with Crippen LogP contribution in [-0.2, 0) is 12.4 Å². The van der Waals surface area contributed by atoms with Crippen molar-refractivity contribution in [1.29, 1.82) is 10.5 Å². The molecule has 4 rings (SSSR count). The molecule has 0 unspecified atom stereocenters. The third-order valence-corrected chi connectivity index (χ3v) is 7.19. The van der Waals surface area contributed by atoms with Gasteiger partial charge in [0.05, 0.1) is 40.4 Å². The van der Waals surface area contributed by atoms with Gasteiger partial charge in [0.2, 0.25) is 0 Å². The topological polar surface area (TPSA) is 100 Å². The molecule has 0 aliphatic carbocycles. The zero-order valence-electron chi connectivity index (χ0n) is 20.8. The smallest absolute Gasteiger partial charge is 0.284 e. The lowest BCUT2D eigenvalue weighted by atomic mass is 10.1. The van der Waals surface area contributed by atoms with Crippen molar-refractivity contribution in [1.82, 2.24) is 19.6 Å². The number of nitriles is 2. The number of halogens is 14. The maximum Gasteiger partial charge on any atom is 0.455 e. The molecular formula is C24H6Cl4F9IN6O. The molecule has 2 aromatic heterocycles. The second-order valence-electron chi connectivity index (χ2n) is 8.23. The third-order valence-electron chi connectivity index (χ3n) is 5.24. The van der Waals surface area contributed by atoms with Gasteiger partial charge in [-0.3, -0.25) is 4.79 Å². The van der Waals surface area contributed by atoms with Gasteiger partial charge in [0.1, 0.15) is 23.5 Å². The first-order valence-electron chi connectivity index (χ1n) is 11.0. The van der Waals surface area contributed by atoms with Gasteiger partial charge in [-0.15, -0.1) is 0 Å². The van der Waals surface area contributed by atoms with Crippen LogP contribution in [0.3, 0.4) is 0 Å².